The van der Waals surface area contributed by atoms with Crippen LogP contribution in [0.25, 0.3) is 0 Å². The van der Waals surface area contributed by atoms with Crippen LogP contribution in [0.2, 0.25) is 0 Å². The molecule has 7 nitrogen and oxygen atoms in total. The van der Waals surface area contributed by atoms with Crippen LogP contribution in [0.15, 0.2) is 42.5 Å². The number of amides is 3. The summed E-state index contributed by atoms with van der Waals surface area (Å²) in [4.78, 5) is 42.6. The summed E-state index contributed by atoms with van der Waals surface area (Å²) in [6.07, 6.45) is 3.02. The number of rotatable bonds is 2. The summed E-state index contributed by atoms with van der Waals surface area (Å²) in [5.74, 6) is -1.93. The normalized spacial score (nSPS) is 18.5. The van der Waals surface area contributed by atoms with Crippen molar-refractivity contribution >= 4 is 17.7 Å². The maximum absolute atomic E-state index is 13.8. The summed E-state index contributed by atoms with van der Waals surface area (Å²) in [6, 6.07) is 9.70. The van der Waals surface area contributed by atoms with E-state index in [4.69, 9.17) is 4.74 Å². The molecule has 0 radical (unpaired) electrons. The third kappa shape index (κ3) is 5.50. The number of hydrogen-bond acceptors (Lipinski definition) is 4. The van der Waals surface area contributed by atoms with Gasteiger partial charge in [0.15, 0.2) is 0 Å². The van der Waals surface area contributed by atoms with Crippen molar-refractivity contribution in [2.24, 2.45) is 5.41 Å². The summed E-state index contributed by atoms with van der Waals surface area (Å²) in [7, 11) is 1.62. The van der Waals surface area contributed by atoms with Gasteiger partial charge >= 0.3 is 0 Å². The second-order valence-electron chi connectivity index (χ2n) is 9.40. The Bertz CT molecular complexity index is 1110. The van der Waals surface area contributed by atoms with Gasteiger partial charge in [-0.1, -0.05) is 18.6 Å². The van der Waals surface area contributed by atoms with Gasteiger partial charge in [0, 0.05) is 38.3 Å². The van der Waals surface area contributed by atoms with Crippen LogP contribution in [0.1, 0.15) is 52.8 Å². The minimum Gasteiger partial charge on any atom is -0.491 e. The Morgan fingerprint density at radius 3 is 2.33 bits per heavy atom. The second kappa shape index (κ2) is 11.1. The van der Waals surface area contributed by atoms with E-state index >= 15 is 0 Å². The van der Waals surface area contributed by atoms with E-state index < -0.39 is 23.0 Å². The SMILES string of the molecule is CNC(=O)C12CCCCN(C(=O)c3cc(F)cc(F)c3)CCOc3ccccc3C(=O)N(CC1)CC2. The molecule has 9 heteroatoms. The van der Waals surface area contributed by atoms with Gasteiger partial charge in [0.1, 0.15) is 24.0 Å². The number of piperidine rings is 1. The van der Waals surface area contributed by atoms with E-state index in [0.717, 1.165) is 18.2 Å². The summed E-state index contributed by atoms with van der Waals surface area (Å²) >= 11 is 0. The van der Waals surface area contributed by atoms with E-state index in [1.807, 2.05) is 0 Å². The smallest absolute Gasteiger partial charge is 0.257 e. The molecule has 0 spiro atoms. The molecule has 192 valence electrons. The van der Waals surface area contributed by atoms with Gasteiger partial charge in [-0.2, -0.15) is 0 Å². The number of halogens is 2. The van der Waals surface area contributed by atoms with Crippen molar-refractivity contribution in [3.63, 3.8) is 0 Å². The number of nitrogens with zero attached hydrogens (tertiary/aromatic N) is 2. The fourth-order valence-electron chi connectivity index (χ4n) is 5.14. The molecule has 0 saturated carbocycles. The molecule has 0 unspecified atom stereocenters. The maximum Gasteiger partial charge on any atom is 0.257 e. The molecule has 0 aliphatic carbocycles. The summed E-state index contributed by atoms with van der Waals surface area (Å²) in [6.45, 7) is 1.56. The van der Waals surface area contributed by atoms with E-state index in [9.17, 15) is 23.2 Å². The van der Waals surface area contributed by atoms with Crippen molar-refractivity contribution in [2.75, 3.05) is 39.8 Å². The van der Waals surface area contributed by atoms with Crippen molar-refractivity contribution < 1.29 is 27.9 Å². The lowest BCUT2D eigenvalue weighted by Gasteiger charge is -2.40. The van der Waals surface area contributed by atoms with Gasteiger partial charge in [-0.25, -0.2) is 8.78 Å². The number of hydrogen-bond donors (Lipinski definition) is 1. The topological polar surface area (TPSA) is 79.0 Å². The lowest BCUT2D eigenvalue weighted by molar-refractivity contribution is -0.133. The van der Waals surface area contributed by atoms with Crippen LogP contribution in [0.5, 0.6) is 5.75 Å². The summed E-state index contributed by atoms with van der Waals surface area (Å²) < 4.78 is 33.5. The minimum absolute atomic E-state index is 0.0363. The molecule has 2 bridgehead atoms. The first-order valence-electron chi connectivity index (χ1n) is 12.3. The van der Waals surface area contributed by atoms with Crippen LogP contribution in [-0.2, 0) is 4.79 Å². The Kier molecular flexibility index (Phi) is 7.86. The molecule has 36 heavy (non-hydrogen) atoms. The average molecular weight is 500 g/mol. The molecule has 1 fully saturated rings. The van der Waals surface area contributed by atoms with Crippen LogP contribution < -0.4 is 10.1 Å². The Balaban J connectivity index is 1.61. The predicted octanol–water partition coefficient (Wildman–Crippen LogP) is 3.64. The Morgan fingerprint density at radius 2 is 1.64 bits per heavy atom. The number of para-hydroxylation sites is 1. The zero-order valence-corrected chi connectivity index (χ0v) is 20.4. The standard InChI is InChI=1S/C27H31F2N3O4/c1-30-26(35)27-8-4-5-11-31(24(33)19-16-20(28)18-21(29)17-19)14-15-36-23-7-3-2-6-22(23)25(34)32(12-9-27)13-10-27/h2-3,6-7,16-18H,4-5,8-15H2,1H3,(H,30,35). The number of ether oxygens (including phenoxy) is 1. The molecular weight excluding hydrogens is 468 g/mol. The van der Waals surface area contributed by atoms with Crippen LogP contribution in [0.3, 0.4) is 0 Å². The molecule has 3 aliphatic rings. The summed E-state index contributed by atoms with van der Waals surface area (Å²) in [5, 5.41) is 2.78. The van der Waals surface area contributed by atoms with Crippen molar-refractivity contribution in [1.82, 2.24) is 15.1 Å². The first-order valence-corrected chi connectivity index (χ1v) is 12.3. The molecule has 3 aliphatic heterocycles. The maximum atomic E-state index is 13.8. The zero-order chi connectivity index (χ0) is 25.7. The van der Waals surface area contributed by atoms with Gasteiger partial charge in [-0.3, -0.25) is 14.4 Å². The quantitative estimate of drug-likeness (QED) is 0.685. The highest BCUT2D eigenvalue weighted by atomic mass is 19.1. The van der Waals surface area contributed by atoms with Crippen molar-refractivity contribution in [3.8, 4) is 5.75 Å². The molecule has 0 atom stereocenters. The van der Waals surface area contributed by atoms with E-state index in [1.165, 1.54) is 4.90 Å². The number of nitrogens with one attached hydrogen (secondary N) is 1. The van der Waals surface area contributed by atoms with Gasteiger partial charge in [0.25, 0.3) is 11.8 Å². The molecule has 0 aromatic heterocycles. The molecule has 2 aromatic rings. The van der Waals surface area contributed by atoms with Crippen molar-refractivity contribution in [3.05, 3.63) is 65.2 Å². The number of fused-ring (bicyclic) bond motifs is 9. The molecule has 1 saturated heterocycles. The lowest BCUT2D eigenvalue weighted by atomic mass is 9.73. The lowest BCUT2D eigenvalue weighted by Crippen LogP contribution is -2.49. The number of benzene rings is 2. The summed E-state index contributed by atoms with van der Waals surface area (Å²) in [5.41, 5.74) is -0.235. The molecular formula is C27H31F2N3O4. The highest BCUT2D eigenvalue weighted by molar-refractivity contribution is 5.97. The van der Waals surface area contributed by atoms with Crippen LogP contribution in [0, 0.1) is 17.0 Å². The van der Waals surface area contributed by atoms with E-state index in [2.05, 4.69) is 5.32 Å². The largest absolute Gasteiger partial charge is 0.491 e. The number of carbonyl (C=O) groups excluding carboxylic acids is 3. The Hall–Kier alpha value is -3.49. The first kappa shape index (κ1) is 25.6. The fourth-order valence-corrected chi connectivity index (χ4v) is 5.14. The van der Waals surface area contributed by atoms with Crippen LogP contribution >= 0.6 is 0 Å². The van der Waals surface area contributed by atoms with E-state index in [-0.39, 0.29) is 30.5 Å². The molecule has 1 N–H and O–H groups in total. The van der Waals surface area contributed by atoms with Gasteiger partial charge in [-0.15, -0.1) is 0 Å². The molecule has 5 rings (SSSR count). The first-order chi connectivity index (χ1) is 17.3. The van der Waals surface area contributed by atoms with Crippen molar-refractivity contribution in [1.29, 1.82) is 0 Å². The van der Waals surface area contributed by atoms with E-state index in [0.29, 0.717) is 63.1 Å². The Morgan fingerprint density at radius 1 is 0.944 bits per heavy atom. The Labute approximate surface area is 209 Å². The van der Waals surface area contributed by atoms with Gasteiger partial charge in [0.2, 0.25) is 5.91 Å². The molecule has 3 amide bonds. The van der Waals surface area contributed by atoms with Gasteiger partial charge in [0.05, 0.1) is 17.5 Å². The minimum atomic E-state index is -0.821. The van der Waals surface area contributed by atoms with Gasteiger partial charge < -0.3 is 19.9 Å². The monoisotopic (exact) mass is 499 g/mol. The zero-order valence-electron chi connectivity index (χ0n) is 20.4. The van der Waals surface area contributed by atoms with Crippen LogP contribution in [0.4, 0.5) is 8.78 Å². The second-order valence-corrected chi connectivity index (χ2v) is 9.40. The van der Waals surface area contributed by atoms with Gasteiger partial charge in [-0.05, 0) is 49.9 Å². The van der Waals surface area contributed by atoms with Crippen molar-refractivity contribution in [2.45, 2.75) is 32.1 Å². The molecule has 2 aromatic carbocycles. The fraction of sp³-hybridized carbons (Fsp3) is 0.444. The molecule has 3 heterocycles. The average Bonchev–Trinajstić information content (AvgIpc) is 2.89. The third-order valence-electron chi connectivity index (χ3n) is 7.18. The highest BCUT2D eigenvalue weighted by Crippen LogP contribution is 2.38. The number of carbonyl (C=O) groups is 3. The predicted molar refractivity (Wildman–Crippen MR) is 130 cm³/mol. The third-order valence-corrected chi connectivity index (χ3v) is 7.18. The van der Waals surface area contributed by atoms with Crippen LogP contribution in [-0.4, -0.2) is 67.4 Å². The van der Waals surface area contributed by atoms with E-state index in [1.54, 1.807) is 36.2 Å². The highest BCUT2D eigenvalue weighted by Gasteiger charge is 2.41.